The van der Waals surface area contributed by atoms with Crippen LogP contribution in [0.4, 0.5) is 0 Å². The van der Waals surface area contributed by atoms with Crippen LogP contribution in [0.25, 0.3) is 16.8 Å². The van der Waals surface area contributed by atoms with Gasteiger partial charge in [-0.1, -0.05) is 73.6 Å². The van der Waals surface area contributed by atoms with Gasteiger partial charge in [0.05, 0.1) is 12.0 Å². The number of thioether (sulfide) groups is 1. The minimum Gasteiger partial charge on any atom is -0.496 e. The zero-order chi connectivity index (χ0) is 18.1. The summed E-state index contributed by atoms with van der Waals surface area (Å²) in [6.07, 6.45) is 7.67. The van der Waals surface area contributed by atoms with E-state index < -0.39 is 0 Å². The molecule has 1 aliphatic heterocycles. The number of nitrogens with zero attached hydrogens (tertiary/aromatic N) is 1. The second-order valence-electron chi connectivity index (χ2n) is 6.75. The predicted octanol–water partition coefficient (Wildman–Crippen LogP) is 5.38. The standard InChI is InChI=1S/C21H21NO2S2/c1-24-18-12-11-14-7-5-6-10-16(14)17(18)13-19-20(23)22(21(25)26-19)15-8-3-2-4-9-15/h5-7,10-13,15H,2-4,8-9H2,1H3. The molecule has 0 radical (unpaired) electrons. The van der Waals surface area contributed by atoms with Crippen LogP contribution in [0.1, 0.15) is 37.7 Å². The van der Waals surface area contributed by atoms with E-state index in [2.05, 4.69) is 12.1 Å². The molecular weight excluding hydrogens is 362 g/mol. The number of thiocarbonyl (C=S) groups is 1. The lowest BCUT2D eigenvalue weighted by molar-refractivity contribution is -0.124. The number of amides is 1. The van der Waals surface area contributed by atoms with Gasteiger partial charge in [-0.2, -0.15) is 0 Å². The van der Waals surface area contributed by atoms with E-state index in [9.17, 15) is 4.79 Å². The molecule has 5 heteroatoms. The molecule has 0 N–H and O–H groups in total. The zero-order valence-corrected chi connectivity index (χ0v) is 16.4. The van der Waals surface area contributed by atoms with Crippen LogP contribution in [-0.4, -0.2) is 28.3 Å². The Labute approximate surface area is 163 Å². The fraction of sp³-hybridized carbons (Fsp3) is 0.333. The van der Waals surface area contributed by atoms with Crippen LogP contribution in [0.2, 0.25) is 0 Å². The van der Waals surface area contributed by atoms with Crippen molar-refractivity contribution in [3.05, 3.63) is 46.9 Å². The van der Waals surface area contributed by atoms with Gasteiger partial charge in [-0.25, -0.2) is 0 Å². The molecule has 2 aliphatic rings. The number of hydrogen-bond donors (Lipinski definition) is 0. The van der Waals surface area contributed by atoms with E-state index in [4.69, 9.17) is 17.0 Å². The minimum atomic E-state index is 0.0434. The van der Waals surface area contributed by atoms with E-state index in [-0.39, 0.29) is 11.9 Å². The van der Waals surface area contributed by atoms with E-state index in [0.29, 0.717) is 9.23 Å². The largest absolute Gasteiger partial charge is 0.496 e. The second-order valence-corrected chi connectivity index (χ2v) is 8.42. The molecule has 2 aromatic rings. The molecule has 134 valence electrons. The van der Waals surface area contributed by atoms with Crippen LogP contribution in [0.15, 0.2) is 41.3 Å². The first-order chi connectivity index (χ1) is 12.7. The molecular formula is C21H21NO2S2. The fourth-order valence-electron chi connectivity index (χ4n) is 3.87. The lowest BCUT2D eigenvalue weighted by atomic mass is 9.94. The molecule has 0 aromatic heterocycles. The predicted molar refractivity (Wildman–Crippen MR) is 112 cm³/mol. The Balaban J connectivity index is 1.74. The number of carbonyl (C=O) groups is 1. The molecule has 1 saturated carbocycles. The molecule has 1 aliphatic carbocycles. The number of rotatable bonds is 3. The van der Waals surface area contributed by atoms with E-state index in [0.717, 1.165) is 34.9 Å². The van der Waals surface area contributed by atoms with Crippen LogP contribution in [0, 0.1) is 0 Å². The highest BCUT2D eigenvalue weighted by molar-refractivity contribution is 8.26. The van der Waals surface area contributed by atoms with E-state index >= 15 is 0 Å². The molecule has 1 heterocycles. The van der Waals surface area contributed by atoms with Gasteiger partial charge in [-0.05, 0) is 35.8 Å². The van der Waals surface area contributed by atoms with Crippen LogP contribution in [-0.2, 0) is 4.79 Å². The number of methoxy groups -OCH3 is 1. The van der Waals surface area contributed by atoms with Crippen molar-refractivity contribution in [3.8, 4) is 5.75 Å². The zero-order valence-electron chi connectivity index (χ0n) is 14.7. The Morgan fingerprint density at radius 2 is 1.92 bits per heavy atom. The first-order valence-electron chi connectivity index (χ1n) is 9.02. The maximum atomic E-state index is 13.1. The number of carbonyl (C=O) groups excluding carboxylic acids is 1. The Morgan fingerprint density at radius 3 is 2.69 bits per heavy atom. The summed E-state index contributed by atoms with van der Waals surface area (Å²) in [5.41, 5.74) is 0.940. The van der Waals surface area contributed by atoms with Gasteiger partial charge < -0.3 is 4.74 Å². The maximum Gasteiger partial charge on any atom is 0.266 e. The average Bonchev–Trinajstić information content (AvgIpc) is 2.96. The number of hydrogen-bond acceptors (Lipinski definition) is 4. The van der Waals surface area contributed by atoms with Gasteiger partial charge in [0.1, 0.15) is 10.1 Å². The normalized spacial score (nSPS) is 20.3. The number of benzene rings is 2. The van der Waals surface area contributed by atoms with Crippen LogP contribution >= 0.6 is 24.0 Å². The highest BCUT2D eigenvalue weighted by atomic mass is 32.2. The Bertz CT molecular complexity index is 900. The summed E-state index contributed by atoms with van der Waals surface area (Å²) in [5.74, 6) is 0.813. The molecule has 4 rings (SSSR count). The minimum absolute atomic E-state index is 0.0434. The van der Waals surface area contributed by atoms with Gasteiger partial charge in [0.15, 0.2) is 0 Å². The van der Waals surface area contributed by atoms with Crippen LogP contribution in [0.5, 0.6) is 5.75 Å². The third kappa shape index (κ3) is 3.14. The lowest BCUT2D eigenvalue weighted by Gasteiger charge is -2.29. The van der Waals surface area contributed by atoms with E-state index in [1.54, 1.807) is 7.11 Å². The van der Waals surface area contributed by atoms with Crippen LogP contribution < -0.4 is 4.74 Å². The van der Waals surface area contributed by atoms with Crippen molar-refractivity contribution in [3.63, 3.8) is 0 Å². The topological polar surface area (TPSA) is 29.5 Å². The highest BCUT2D eigenvalue weighted by Gasteiger charge is 2.37. The summed E-state index contributed by atoms with van der Waals surface area (Å²) in [7, 11) is 1.66. The third-order valence-corrected chi connectivity index (χ3v) is 6.52. The molecule has 1 amide bonds. The van der Waals surface area contributed by atoms with Gasteiger partial charge in [0.25, 0.3) is 5.91 Å². The first kappa shape index (κ1) is 17.6. The highest BCUT2D eigenvalue weighted by Crippen LogP contribution is 2.39. The summed E-state index contributed by atoms with van der Waals surface area (Å²) in [6, 6.07) is 12.4. The summed E-state index contributed by atoms with van der Waals surface area (Å²) < 4.78 is 6.24. The van der Waals surface area contributed by atoms with Crippen molar-refractivity contribution in [2.24, 2.45) is 0 Å². The molecule has 2 aromatic carbocycles. The second kappa shape index (κ2) is 7.41. The summed E-state index contributed by atoms with van der Waals surface area (Å²) in [5, 5.41) is 2.21. The van der Waals surface area contributed by atoms with Gasteiger partial charge >= 0.3 is 0 Å². The first-order valence-corrected chi connectivity index (χ1v) is 10.2. The summed E-state index contributed by atoms with van der Waals surface area (Å²) in [6.45, 7) is 0. The monoisotopic (exact) mass is 383 g/mol. The van der Waals surface area contributed by atoms with E-state index in [1.165, 1.54) is 31.0 Å². The molecule has 0 unspecified atom stereocenters. The molecule has 0 atom stereocenters. The van der Waals surface area contributed by atoms with Gasteiger partial charge in [-0.3, -0.25) is 9.69 Å². The van der Waals surface area contributed by atoms with Gasteiger partial charge in [-0.15, -0.1) is 0 Å². The summed E-state index contributed by atoms with van der Waals surface area (Å²) >= 11 is 6.96. The number of fused-ring (bicyclic) bond motifs is 1. The van der Waals surface area contributed by atoms with Crippen molar-refractivity contribution in [2.45, 2.75) is 38.1 Å². The van der Waals surface area contributed by atoms with E-state index in [1.807, 2.05) is 35.2 Å². The SMILES string of the molecule is COc1ccc2ccccc2c1C=C1SC(=S)N(C2CCCCC2)C1=O. The molecule has 26 heavy (non-hydrogen) atoms. The molecule has 2 fully saturated rings. The van der Waals surface area contributed by atoms with Crippen LogP contribution in [0.3, 0.4) is 0 Å². The summed E-state index contributed by atoms with van der Waals surface area (Å²) in [4.78, 5) is 15.6. The molecule has 0 spiro atoms. The van der Waals surface area contributed by atoms with Gasteiger partial charge in [0, 0.05) is 11.6 Å². The Kier molecular flexibility index (Phi) is 5.00. The number of ether oxygens (including phenoxy) is 1. The third-order valence-electron chi connectivity index (χ3n) is 5.19. The smallest absolute Gasteiger partial charge is 0.266 e. The quantitative estimate of drug-likeness (QED) is 0.525. The van der Waals surface area contributed by atoms with Gasteiger partial charge in [0.2, 0.25) is 0 Å². The fourth-order valence-corrected chi connectivity index (χ4v) is 5.25. The van der Waals surface area contributed by atoms with Crippen molar-refractivity contribution in [2.75, 3.05) is 7.11 Å². The molecule has 0 bridgehead atoms. The lowest BCUT2D eigenvalue weighted by Crippen LogP contribution is -2.39. The van der Waals surface area contributed by atoms with Crippen molar-refractivity contribution < 1.29 is 9.53 Å². The average molecular weight is 384 g/mol. The maximum absolute atomic E-state index is 13.1. The van der Waals surface area contributed by atoms with Crippen molar-refractivity contribution in [1.82, 2.24) is 4.90 Å². The molecule has 3 nitrogen and oxygen atoms in total. The Morgan fingerprint density at radius 1 is 1.15 bits per heavy atom. The van der Waals surface area contributed by atoms with Crippen molar-refractivity contribution >= 4 is 51.1 Å². The Hall–Kier alpha value is -1.85. The molecule has 1 saturated heterocycles. The van der Waals surface area contributed by atoms with Crippen molar-refractivity contribution in [1.29, 1.82) is 0 Å².